The van der Waals surface area contributed by atoms with Crippen molar-refractivity contribution in [3.63, 3.8) is 0 Å². The van der Waals surface area contributed by atoms with Gasteiger partial charge in [-0.25, -0.2) is 4.79 Å². The van der Waals surface area contributed by atoms with E-state index in [0.29, 0.717) is 0 Å². The third kappa shape index (κ3) is 5.29. The Bertz CT molecular complexity index is 414. The molecule has 0 rings (SSSR count). The van der Waals surface area contributed by atoms with Crippen molar-refractivity contribution in [1.82, 2.24) is 5.32 Å². The molecule has 0 heterocycles. The first-order chi connectivity index (χ1) is 10.0. The number of ketones is 1. The highest BCUT2D eigenvalue weighted by Crippen LogP contribution is 2.12. The Hall–Kier alpha value is -1.63. The van der Waals surface area contributed by atoms with E-state index in [1.807, 2.05) is 5.32 Å². The average Bonchev–Trinajstić information content (AvgIpc) is 2.47. The molecule has 8 N–H and O–H groups in total. The molecule has 11 heteroatoms. The number of carboxylic acids is 1. The van der Waals surface area contributed by atoms with Crippen LogP contribution in [0, 0.1) is 0 Å². The third-order valence-corrected chi connectivity index (χ3v) is 2.84. The van der Waals surface area contributed by atoms with Crippen molar-refractivity contribution in [2.24, 2.45) is 0 Å². The number of amides is 1. The van der Waals surface area contributed by atoms with E-state index in [2.05, 4.69) is 0 Å². The number of aliphatic carboxylic acids is 1. The lowest BCUT2D eigenvalue weighted by molar-refractivity contribution is -0.159. The lowest BCUT2D eigenvalue weighted by atomic mass is 9.92. The van der Waals surface area contributed by atoms with E-state index in [0.717, 1.165) is 6.92 Å². The first kappa shape index (κ1) is 20.4. The fourth-order valence-corrected chi connectivity index (χ4v) is 1.63. The van der Waals surface area contributed by atoms with E-state index in [4.69, 9.17) is 10.2 Å². The van der Waals surface area contributed by atoms with Gasteiger partial charge in [-0.15, -0.1) is 0 Å². The van der Waals surface area contributed by atoms with Crippen molar-refractivity contribution in [3.05, 3.63) is 0 Å². The van der Waals surface area contributed by atoms with Gasteiger partial charge in [0.1, 0.15) is 24.4 Å². The van der Waals surface area contributed by atoms with Crippen LogP contribution in [0.3, 0.4) is 0 Å². The number of carbonyl (C=O) groups is 3. The maximum atomic E-state index is 11.1. The number of carboxylic acid groups (broad SMARTS) is 1. The van der Waals surface area contributed by atoms with Gasteiger partial charge < -0.3 is 41.1 Å². The van der Waals surface area contributed by atoms with E-state index in [1.165, 1.54) is 0 Å². The number of hydrogen-bond acceptors (Lipinski definition) is 9. The molecule has 0 spiro atoms. The average molecular weight is 325 g/mol. The van der Waals surface area contributed by atoms with Crippen molar-refractivity contribution >= 4 is 17.7 Å². The van der Waals surface area contributed by atoms with Crippen LogP contribution in [0.4, 0.5) is 0 Å². The van der Waals surface area contributed by atoms with Crippen LogP contribution in [0.5, 0.6) is 0 Å². The maximum Gasteiger partial charge on any atom is 0.375 e. The molecule has 0 aliphatic rings. The summed E-state index contributed by atoms with van der Waals surface area (Å²) in [7, 11) is 0. The first-order valence-corrected chi connectivity index (χ1v) is 6.10. The first-order valence-electron chi connectivity index (χ1n) is 6.10. The molecule has 0 aromatic carbocycles. The molecule has 128 valence electrons. The fraction of sp³-hybridized carbons (Fsp3) is 0.727. The van der Waals surface area contributed by atoms with Crippen molar-refractivity contribution in [2.75, 3.05) is 6.61 Å². The van der Waals surface area contributed by atoms with E-state index >= 15 is 0 Å². The summed E-state index contributed by atoms with van der Waals surface area (Å²) in [5.41, 5.74) is 0. The Morgan fingerprint density at radius 2 is 1.45 bits per heavy atom. The summed E-state index contributed by atoms with van der Waals surface area (Å²) in [5.74, 6) is -4.70. The molecule has 6 atom stereocenters. The van der Waals surface area contributed by atoms with Gasteiger partial charge in [0.05, 0.1) is 12.6 Å². The molecule has 11 nitrogen and oxygen atoms in total. The van der Waals surface area contributed by atoms with Gasteiger partial charge in [-0.2, -0.15) is 0 Å². The van der Waals surface area contributed by atoms with Gasteiger partial charge >= 0.3 is 5.97 Å². The topological polar surface area (TPSA) is 205 Å². The zero-order valence-electron chi connectivity index (χ0n) is 11.5. The molecule has 22 heavy (non-hydrogen) atoms. The number of rotatable bonds is 9. The van der Waals surface area contributed by atoms with E-state index in [9.17, 15) is 39.9 Å². The van der Waals surface area contributed by atoms with Crippen LogP contribution in [0.15, 0.2) is 0 Å². The maximum absolute atomic E-state index is 11.1. The number of aliphatic hydroxyl groups is 6. The lowest BCUT2D eigenvalue weighted by Crippen LogP contribution is -2.61. The Kier molecular flexibility index (Phi) is 8.08. The molecule has 0 aliphatic heterocycles. The van der Waals surface area contributed by atoms with Gasteiger partial charge in [-0.1, -0.05) is 0 Å². The van der Waals surface area contributed by atoms with Crippen molar-refractivity contribution < 1.29 is 50.1 Å². The van der Waals surface area contributed by atoms with Crippen LogP contribution in [0.1, 0.15) is 6.92 Å². The number of Topliss-reactive ketones (excluding diaryl/α,β-unsaturated/α-hetero) is 1. The second kappa shape index (κ2) is 8.73. The summed E-state index contributed by atoms with van der Waals surface area (Å²) in [5, 5.41) is 66.8. The molecule has 0 saturated carbocycles. The summed E-state index contributed by atoms with van der Waals surface area (Å²) in [6.07, 6.45) is -10.8. The van der Waals surface area contributed by atoms with Gasteiger partial charge in [0.15, 0.2) is 6.10 Å². The highest BCUT2D eigenvalue weighted by Gasteiger charge is 2.42. The molecule has 0 radical (unpaired) electrons. The number of carbonyl (C=O) groups excluding carboxylic acids is 2. The predicted molar refractivity (Wildman–Crippen MR) is 67.4 cm³/mol. The van der Waals surface area contributed by atoms with Crippen LogP contribution < -0.4 is 5.32 Å². The summed E-state index contributed by atoms with van der Waals surface area (Å²) in [6.45, 7) is -0.00951. The van der Waals surface area contributed by atoms with Gasteiger partial charge in [0, 0.05) is 6.92 Å². The van der Waals surface area contributed by atoms with E-state index in [1.54, 1.807) is 0 Å². The standard InChI is InChI=1S/C11H19NO10/c1-3(14)12-5(7(17)6(16)4(15)2-13)8(18)9(19)10(20)11(21)22/h4-9,13,15-19H,2H2,1H3,(H,12,14)(H,21,22). The fourth-order valence-electron chi connectivity index (χ4n) is 1.63. The molecule has 6 unspecified atom stereocenters. The highest BCUT2D eigenvalue weighted by atomic mass is 16.4. The second-order valence-corrected chi connectivity index (χ2v) is 4.56. The predicted octanol–water partition coefficient (Wildman–Crippen LogP) is -5.06. The molecule has 0 fully saturated rings. The minimum Gasteiger partial charge on any atom is -0.475 e. The highest BCUT2D eigenvalue weighted by molar-refractivity contribution is 6.34. The summed E-state index contributed by atoms with van der Waals surface area (Å²) >= 11 is 0. The monoisotopic (exact) mass is 325 g/mol. The molecular weight excluding hydrogens is 306 g/mol. The third-order valence-electron chi connectivity index (χ3n) is 2.84. The quantitative estimate of drug-likeness (QED) is 0.189. The largest absolute Gasteiger partial charge is 0.475 e. The zero-order valence-corrected chi connectivity index (χ0v) is 11.5. The van der Waals surface area contributed by atoms with Gasteiger partial charge in [0.25, 0.3) is 5.78 Å². The zero-order chi connectivity index (χ0) is 17.6. The summed E-state index contributed by atoms with van der Waals surface area (Å²) in [4.78, 5) is 32.6. The lowest BCUT2D eigenvalue weighted by Gasteiger charge is -2.33. The van der Waals surface area contributed by atoms with E-state index in [-0.39, 0.29) is 0 Å². The van der Waals surface area contributed by atoms with E-state index < -0.39 is 60.8 Å². The van der Waals surface area contributed by atoms with Crippen molar-refractivity contribution in [3.8, 4) is 0 Å². The molecule has 0 bridgehead atoms. The molecule has 0 aliphatic carbocycles. The van der Waals surface area contributed by atoms with Crippen LogP contribution >= 0.6 is 0 Å². The Morgan fingerprint density at radius 1 is 0.955 bits per heavy atom. The number of aliphatic hydroxyl groups excluding tert-OH is 6. The normalized spacial score (nSPS) is 19.4. The Balaban J connectivity index is 5.30. The Labute approximate surface area is 124 Å². The summed E-state index contributed by atoms with van der Waals surface area (Å²) in [6, 6.07) is -1.88. The molecule has 0 aromatic heterocycles. The van der Waals surface area contributed by atoms with Crippen LogP contribution in [-0.4, -0.2) is 96.6 Å². The van der Waals surface area contributed by atoms with Crippen molar-refractivity contribution in [2.45, 2.75) is 43.5 Å². The molecular formula is C11H19NO10. The molecule has 1 amide bonds. The number of hydrogen-bond donors (Lipinski definition) is 8. The SMILES string of the molecule is CC(=O)NC(C(O)C(O)C(=O)C(=O)O)C(O)C(O)C(O)CO. The smallest absolute Gasteiger partial charge is 0.375 e. The second-order valence-electron chi connectivity index (χ2n) is 4.56. The van der Waals surface area contributed by atoms with Crippen molar-refractivity contribution in [1.29, 1.82) is 0 Å². The van der Waals surface area contributed by atoms with Crippen LogP contribution in [0.25, 0.3) is 0 Å². The molecule has 0 saturated heterocycles. The van der Waals surface area contributed by atoms with Crippen LogP contribution in [-0.2, 0) is 14.4 Å². The minimum atomic E-state index is -2.50. The van der Waals surface area contributed by atoms with Gasteiger partial charge in [0.2, 0.25) is 5.91 Å². The van der Waals surface area contributed by atoms with Gasteiger partial charge in [-0.05, 0) is 0 Å². The Morgan fingerprint density at radius 3 is 1.82 bits per heavy atom. The van der Waals surface area contributed by atoms with Crippen LogP contribution in [0.2, 0.25) is 0 Å². The van der Waals surface area contributed by atoms with Gasteiger partial charge in [-0.3, -0.25) is 9.59 Å². The minimum absolute atomic E-state index is 0.844. The number of nitrogens with one attached hydrogen (secondary N) is 1. The molecule has 0 aromatic rings. The summed E-state index contributed by atoms with van der Waals surface area (Å²) < 4.78 is 0.